The van der Waals surface area contributed by atoms with Gasteiger partial charge in [-0.1, -0.05) is 348 Å². The van der Waals surface area contributed by atoms with Gasteiger partial charge in [-0.05, 0) is 138 Å². The molecule has 0 aliphatic carbocycles. The highest BCUT2D eigenvalue weighted by Gasteiger charge is 2.53. The van der Waals surface area contributed by atoms with Crippen LogP contribution in [0.2, 0.25) is 0 Å². The predicted octanol–water partition coefficient (Wildman–Crippen LogP) is 19.5. The molecule has 0 spiro atoms. The summed E-state index contributed by atoms with van der Waals surface area (Å²) in [6.45, 7) is 58.0. The molecule has 4 atom stereocenters. The second kappa shape index (κ2) is 27.4. The summed E-state index contributed by atoms with van der Waals surface area (Å²) in [5, 5.41) is 13.3. The fourth-order valence-electron chi connectivity index (χ4n) is 14.1. The Hall–Kier alpha value is -7.41. The van der Waals surface area contributed by atoms with Gasteiger partial charge < -0.3 is 27.3 Å². The van der Waals surface area contributed by atoms with Crippen molar-refractivity contribution in [3.8, 4) is 5.75 Å². The van der Waals surface area contributed by atoms with Crippen LogP contribution in [0.1, 0.15) is 279 Å². The van der Waals surface area contributed by atoms with E-state index in [0.717, 1.165) is 23.0 Å². The minimum Gasteiger partial charge on any atom is -1.00 e. The van der Waals surface area contributed by atoms with Crippen molar-refractivity contribution in [1.29, 1.82) is 0 Å². The molecule has 2 heterocycles. The standard InChI is InChI=1S/C90H115N5O.ClH/c1-83(2,3)68-45-60(46-69(52-68)84(4,5)6)56-92-76(63-37-29-25-30-38-63)77(64-39-31-26-32-40-64)93(57-61-47-70(85(7,8)9)53-71(48-61)86(10,11)12)81(92)91-82-94(58-62-49-72(87(13,14)15)54-73(50-62)88(16,17)18)78(65-41-33-27-34-42-65)79(66-43-35-28-36-44-66)95(82)59-67-51-74(89(19,20)21)55-75(80(67)96)90(22,23)24;/h25-55,76-79H,56-59H2,1-24H3;1H. The molecule has 0 saturated carbocycles. The molecule has 0 aromatic heterocycles. The summed E-state index contributed by atoms with van der Waals surface area (Å²) in [5.74, 6) is 2.11. The zero-order valence-electron chi connectivity index (χ0n) is 63.6. The molecule has 8 aromatic rings. The van der Waals surface area contributed by atoms with Crippen LogP contribution >= 0.6 is 0 Å². The number of halogens is 1. The average molecular weight is 1320 g/mol. The fraction of sp³-hybridized carbons (Fsp3) is 0.444. The van der Waals surface area contributed by atoms with Crippen LogP contribution in [-0.2, 0) is 69.5 Å². The number of phenolic OH excluding ortho intramolecular Hbond substituents is 1. The van der Waals surface area contributed by atoms with Gasteiger partial charge in [-0.15, -0.1) is 0 Å². The first-order valence-corrected chi connectivity index (χ1v) is 35.6. The molecular weight excluding hydrogens is 1200 g/mol. The van der Waals surface area contributed by atoms with Crippen molar-refractivity contribution >= 4 is 11.9 Å². The first-order valence-electron chi connectivity index (χ1n) is 35.6. The molecule has 8 aromatic carbocycles. The first kappa shape index (κ1) is 73.8. The van der Waals surface area contributed by atoms with Crippen molar-refractivity contribution in [1.82, 2.24) is 14.7 Å². The number of guanidine groups is 2. The number of aromatic hydroxyl groups is 1. The van der Waals surface area contributed by atoms with Crippen LogP contribution in [0.25, 0.3) is 0 Å². The van der Waals surface area contributed by atoms with Crippen LogP contribution < -0.4 is 12.4 Å². The molecule has 4 unspecified atom stereocenters. The zero-order chi connectivity index (χ0) is 70.0. The smallest absolute Gasteiger partial charge is 0.394 e. The van der Waals surface area contributed by atoms with Crippen molar-refractivity contribution in [2.75, 3.05) is 0 Å². The van der Waals surface area contributed by atoms with E-state index in [1.807, 2.05) is 0 Å². The Morgan fingerprint density at radius 3 is 0.969 bits per heavy atom. The van der Waals surface area contributed by atoms with Crippen LogP contribution in [0.5, 0.6) is 5.75 Å². The summed E-state index contributed by atoms with van der Waals surface area (Å²) in [5.41, 5.74) is 18.2. The van der Waals surface area contributed by atoms with E-state index < -0.39 is 0 Å². The fourth-order valence-corrected chi connectivity index (χ4v) is 14.1. The third-order valence-corrected chi connectivity index (χ3v) is 20.2. The van der Waals surface area contributed by atoms with Gasteiger partial charge in [0.1, 0.15) is 17.8 Å². The minimum atomic E-state index is -0.351. The Kier molecular flexibility index (Phi) is 20.8. The largest absolute Gasteiger partial charge is 1.00 e. The van der Waals surface area contributed by atoms with Gasteiger partial charge >= 0.3 is 5.96 Å². The summed E-state index contributed by atoms with van der Waals surface area (Å²) >= 11 is 0. The Morgan fingerprint density at radius 2 is 0.629 bits per heavy atom. The highest BCUT2D eigenvalue weighted by Crippen LogP contribution is 2.51. The molecule has 0 bridgehead atoms. The van der Waals surface area contributed by atoms with Crippen LogP contribution in [-0.4, -0.2) is 36.3 Å². The Bertz CT molecular complexity index is 4010. The molecule has 6 nitrogen and oxygen atoms in total. The number of rotatable bonds is 12. The lowest BCUT2D eigenvalue weighted by molar-refractivity contribution is -0.583. The van der Waals surface area contributed by atoms with E-state index in [2.05, 4.69) is 374 Å². The maximum atomic E-state index is 13.3. The molecule has 1 saturated heterocycles. The van der Waals surface area contributed by atoms with Gasteiger partial charge in [0.25, 0.3) is 5.96 Å². The average Bonchev–Trinajstić information content (AvgIpc) is 1.58. The third kappa shape index (κ3) is 16.5. The maximum Gasteiger partial charge on any atom is 0.394 e. The Labute approximate surface area is 592 Å². The lowest BCUT2D eigenvalue weighted by atomic mass is 9.79. The van der Waals surface area contributed by atoms with Gasteiger partial charge in [0, 0.05) is 12.1 Å². The Morgan fingerprint density at radius 1 is 0.330 bits per heavy atom. The van der Waals surface area contributed by atoms with Crippen molar-refractivity contribution in [2.45, 2.75) is 260 Å². The van der Waals surface area contributed by atoms with Gasteiger partial charge in [0.2, 0.25) is 0 Å². The molecule has 514 valence electrons. The number of nitrogens with zero attached hydrogens (tertiary/aromatic N) is 5. The van der Waals surface area contributed by atoms with E-state index in [-0.39, 0.29) is 79.9 Å². The van der Waals surface area contributed by atoms with Crippen LogP contribution in [0.15, 0.2) is 193 Å². The normalized spacial score (nSPS) is 18.1. The molecule has 7 heteroatoms. The van der Waals surface area contributed by atoms with Gasteiger partial charge in [-0.2, -0.15) is 0 Å². The summed E-state index contributed by atoms with van der Waals surface area (Å²) in [6, 6.07) is 71.0. The molecule has 1 fully saturated rings. The number of hydrogen-bond donors (Lipinski definition) is 1. The second-order valence-corrected chi connectivity index (χ2v) is 36.4. The molecule has 2 aliphatic heterocycles. The number of hydrogen-bond acceptors (Lipinski definition) is 3. The summed E-state index contributed by atoms with van der Waals surface area (Å²) in [4.78, 5) is 14.7. The molecule has 0 amide bonds. The second-order valence-electron chi connectivity index (χ2n) is 36.4. The highest BCUT2D eigenvalue weighted by atomic mass is 35.5. The molecule has 0 radical (unpaired) electrons. The number of aliphatic imine (C=N–C) groups is 1. The van der Waals surface area contributed by atoms with Gasteiger partial charge in [-0.25, -0.2) is 9.48 Å². The predicted molar refractivity (Wildman–Crippen MR) is 407 cm³/mol. The Balaban J connectivity index is 0.0000110. The molecule has 97 heavy (non-hydrogen) atoms. The molecule has 2 aliphatic rings. The number of phenols is 1. The van der Waals surface area contributed by atoms with Crippen LogP contribution in [0.3, 0.4) is 0 Å². The minimum absolute atomic E-state index is 0. The van der Waals surface area contributed by atoms with Gasteiger partial charge in [0.05, 0.1) is 31.7 Å². The number of benzene rings is 8. The van der Waals surface area contributed by atoms with Crippen LogP contribution in [0, 0.1) is 0 Å². The van der Waals surface area contributed by atoms with Crippen molar-refractivity contribution in [3.63, 3.8) is 0 Å². The van der Waals surface area contributed by atoms with Gasteiger partial charge in [0.15, 0.2) is 0 Å². The molecular formula is C90H116ClN5O. The van der Waals surface area contributed by atoms with E-state index in [0.29, 0.717) is 31.9 Å². The lowest BCUT2D eigenvalue weighted by Crippen LogP contribution is -3.00. The first-order chi connectivity index (χ1) is 44.6. The lowest BCUT2D eigenvalue weighted by Gasteiger charge is -2.31. The topological polar surface area (TPSA) is 45.3 Å². The van der Waals surface area contributed by atoms with Crippen LogP contribution in [0.4, 0.5) is 0 Å². The molecule has 1 N–H and O–H groups in total. The third-order valence-electron chi connectivity index (χ3n) is 20.2. The zero-order valence-corrected chi connectivity index (χ0v) is 64.4. The van der Waals surface area contributed by atoms with E-state index >= 15 is 0 Å². The van der Waals surface area contributed by atoms with Gasteiger partial charge in [-0.3, -0.25) is 0 Å². The van der Waals surface area contributed by atoms with Crippen molar-refractivity contribution in [3.05, 3.63) is 277 Å². The van der Waals surface area contributed by atoms with E-state index in [1.165, 1.54) is 77.9 Å². The monoisotopic (exact) mass is 1320 g/mol. The van der Waals surface area contributed by atoms with Crippen molar-refractivity contribution in [2.24, 2.45) is 4.99 Å². The summed E-state index contributed by atoms with van der Waals surface area (Å²) in [7, 11) is 0. The molecule has 10 rings (SSSR count). The van der Waals surface area contributed by atoms with E-state index in [4.69, 9.17) is 4.99 Å². The summed E-state index contributed by atoms with van der Waals surface area (Å²) in [6.07, 6.45) is 0. The summed E-state index contributed by atoms with van der Waals surface area (Å²) < 4.78 is 2.70. The van der Waals surface area contributed by atoms with E-state index in [1.54, 1.807) is 0 Å². The SMILES string of the molecule is CC(C)(C)c1cc(CN2C(=NC3=[N+](Cc4cc(C(C)(C)C)cc(C(C)(C)C)c4)C(c4ccccc4)C(c4ccccc4)N3Cc3cc(C(C)(C)C)cc(C(C)(C)C)c3)N(Cc3cc(C(C)(C)C)cc(C(C)(C)C)c3O)C(c3ccccc3)C2c2ccccc2)cc(C(C)(C)C)c1.[Cl-]. The maximum absolute atomic E-state index is 13.3. The quantitative estimate of drug-likeness (QED) is 0.124. The highest BCUT2D eigenvalue weighted by molar-refractivity contribution is 5.95. The van der Waals surface area contributed by atoms with Crippen molar-refractivity contribution < 1.29 is 22.1 Å². The van der Waals surface area contributed by atoms with E-state index in [9.17, 15) is 5.11 Å².